The second-order valence-corrected chi connectivity index (χ2v) is 6.36. The highest BCUT2D eigenvalue weighted by molar-refractivity contribution is 5.22. The van der Waals surface area contributed by atoms with E-state index in [1.807, 2.05) is 60.7 Å². The Balaban J connectivity index is 1.68. The summed E-state index contributed by atoms with van der Waals surface area (Å²) in [5.41, 5.74) is 2.31. The van der Waals surface area contributed by atoms with Crippen molar-refractivity contribution in [1.29, 1.82) is 0 Å². The van der Waals surface area contributed by atoms with Crippen LogP contribution in [0.3, 0.4) is 0 Å². The summed E-state index contributed by atoms with van der Waals surface area (Å²) in [5, 5.41) is 30.6. The molecule has 2 aromatic carbocycles. The lowest BCUT2D eigenvalue weighted by molar-refractivity contribution is -0.145. The molecule has 3 N–H and O–H groups in total. The van der Waals surface area contributed by atoms with Crippen LogP contribution < -0.4 is 0 Å². The molecule has 0 bridgehead atoms. The Bertz CT molecular complexity index is 701. The maximum Gasteiger partial charge on any atom is 0.116 e. The van der Waals surface area contributed by atoms with Crippen LogP contribution >= 0.6 is 0 Å². The van der Waals surface area contributed by atoms with Gasteiger partial charge in [0.15, 0.2) is 0 Å². The lowest BCUT2D eigenvalue weighted by Crippen LogP contribution is -2.51. The number of aliphatic hydroxyl groups is 3. The van der Waals surface area contributed by atoms with Crippen molar-refractivity contribution in [3.8, 4) is 0 Å². The SMILES string of the molecule is OCC1=C[C@H](OCc2ccccc2)[C@H](O)[C@@H](OCc2ccccc2)[C@@H]1O. The van der Waals surface area contributed by atoms with Crippen molar-refractivity contribution in [2.24, 2.45) is 0 Å². The van der Waals surface area contributed by atoms with Crippen molar-refractivity contribution in [2.75, 3.05) is 6.61 Å². The Morgan fingerprint density at radius 3 is 1.85 bits per heavy atom. The molecule has 0 amide bonds. The second-order valence-electron chi connectivity index (χ2n) is 6.36. The summed E-state index contributed by atoms with van der Waals surface area (Å²) in [4.78, 5) is 0. The van der Waals surface area contributed by atoms with Gasteiger partial charge in [-0.1, -0.05) is 60.7 Å². The fourth-order valence-electron chi connectivity index (χ4n) is 3.01. The van der Waals surface area contributed by atoms with E-state index in [-0.39, 0.29) is 13.2 Å². The number of aliphatic hydroxyl groups excluding tert-OH is 3. The second kappa shape index (κ2) is 9.07. The van der Waals surface area contributed by atoms with Crippen LogP contribution in [0.2, 0.25) is 0 Å². The van der Waals surface area contributed by atoms with Crippen LogP contribution in [0, 0.1) is 0 Å². The van der Waals surface area contributed by atoms with Crippen LogP contribution in [-0.4, -0.2) is 46.3 Å². The summed E-state index contributed by atoms with van der Waals surface area (Å²) in [6.45, 7) is 0.257. The molecule has 0 heterocycles. The number of ether oxygens (including phenoxy) is 2. The molecule has 5 nitrogen and oxygen atoms in total. The van der Waals surface area contributed by atoms with Crippen molar-refractivity contribution in [3.63, 3.8) is 0 Å². The molecule has 0 aliphatic heterocycles. The molecule has 0 saturated heterocycles. The maximum absolute atomic E-state index is 10.6. The zero-order valence-electron chi connectivity index (χ0n) is 14.4. The number of hydrogen-bond donors (Lipinski definition) is 3. The lowest BCUT2D eigenvalue weighted by Gasteiger charge is -2.37. The molecule has 1 aliphatic rings. The fourth-order valence-corrected chi connectivity index (χ4v) is 3.01. The zero-order valence-corrected chi connectivity index (χ0v) is 14.4. The van der Waals surface area contributed by atoms with Crippen molar-refractivity contribution in [1.82, 2.24) is 0 Å². The number of rotatable bonds is 7. The first-order valence-corrected chi connectivity index (χ1v) is 8.67. The van der Waals surface area contributed by atoms with Crippen LogP contribution in [-0.2, 0) is 22.7 Å². The van der Waals surface area contributed by atoms with Crippen LogP contribution in [0.25, 0.3) is 0 Å². The molecule has 1 aliphatic carbocycles. The van der Waals surface area contributed by atoms with Crippen LogP contribution in [0.15, 0.2) is 72.3 Å². The Labute approximate surface area is 153 Å². The smallest absolute Gasteiger partial charge is 0.116 e. The van der Waals surface area contributed by atoms with E-state index in [0.717, 1.165) is 11.1 Å². The third kappa shape index (κ3) is 4.58. The van der Waals surface area contributed by atoms with Crippen LogP contribution in [0.4, 0.5) is 0 Å². The molecule has 0 unspecified atom stereocenters. The monoisotopic (exact) mass is 356 g/mol. The first-order valence-electron chi connectivity index (χ1n) is 8.67. The van der Waals surface area contributed by atoms with Gasteiger partial charge in [-0.25, -0.2) is 0 Å². The van der Waals surface area contributed by atoms with Crippen molar-refractivity contribution >= 4 is 0 Å². The molecule has 26 heavy (non-hydrogen) atoms. The fraction of sp³-hybridized carbons (Fsp3) is 0.333. The lowest BCUT2D eigenvalue weighted by atomic mass is 9.89. The molecular weight excluding hydrogens is 332 g/mol. The summed E-state index contributed by atoms with van der Waals surface area (Å²) in [7, 11) is 0. The number of benzene rings is 2. The minimum atomic E-state index is -1.07. The highest BCUT2D eigenvalue weighted by atomic mass is 16.5. The van der Waals surface area contributed by atoms with E-state index < -0.39 is 24.4 Å². The molecule has 0 aromatic heterocycles. The average molecular weight is 356 g/mol. The topological polar surface area (TPSA) is 79.2 Å². The van der Waals surface area contributed by atoms with Gasteiger partial charge in [-0.15, -0.1) is 0 Å². The Kier molecular flexibility index (Phi) is 6.55. The van der Waals surface area contributed by atoms with Gasteiger partial charge in [0.05, 0.1) is 19.8 Å². The van der Waals surface area contributed by atoms with Gasteiger partial charge in [0.1, 0.15) is 24.4 Å². The van der Waals surface area contributed by atoms with Crippen molar-refractivity contribution in [3.05, 3.63) is 83.4 Å². The third-order valence-electron chi connectivity index (χ3n) is 4.50. The van der Waals surface area contributed by atoms with E-state index in [1.165, 1.54) is 0 Å². The standard InChI is InChI=1S/C21H24O5/c22-12-17-11-18(25-13-15-7-3-1-4-8-15)20(24)21(19(17)23)26-14-16-9-5-2-6-10-16/h1-11,18-24H,12-14H2/t18-,19+,20-,21-/m0/s1. The predicted molar refractivity (Wildman–Crippen MR) is 97.2 cm³/mol. The molecule has 5 heteroatoms. The van der Waals surface area contributed by atoms with Gasteiger partial charge >= 0.3 is 0 Å². The Morgan fingerprint density at radius 2 is 1.31 bits per heavy atom. The molecule has 2 aromatic rings. The summed E-state index contributed by atoms with van der Waals surface area (Å²) < 4.78 is 11.6. The van der Waals surface area contributed by atoms with E-state index in [0.29, 0.717) is 12.2 Å². The summed E-state index contributed by atoms with van der Waals surface area (Å²) >= 11 is 0. The third-order valence-corrected chi connectivity index (χ3v) is 4.50. The van der Waals surface area contributed by atoms with Gasteiger partial charge in [-0.3, -0.25) is 0 Å². The van der Waals surface area contributed by atoms with Gasteiger partial charge < -0.3 is 24.8 Å². The normalized spacial score (nSPS) is 25.7. The van der Waals surface area contributed by atoms with Crippen LogP contribution in [0.5, 0.6) is 0 Å². The molecule has 0 saturated carbocycles. The molecule has 138 valence electrons. The molecule has 0 spiro atoms. The molecule has 0 radical (unpaired) electrons. The zero-order chi connectivity index (χ0) is 18.4. The average Bonchev–Trinajstić information content (AvgIpc) is 2.69. The van der Waals surface area contributed by atoms with Gasteiger partial charge in [0, 0.05) is 0 Å². The molecule has 3 rings (SSSR count). The van der Waals surface area contributed by atoms with Gasteiger partial charge in [0.25, 0.3) is 0 Å². The van der Waals surface area contributed by atoms with E-state index >= 15 is 0 Å². The molecule has 0 fully saturated rings. The minimum Gasteiger partial charge on any atom is -0.392 e. The van der Waals surface area contributed by atoms with E-state index in [4.69, 9.17) is 9.47 Å². The predicted octanol–water partition coefficient (Wildman–Crippen LogP) is 1.81. The van der Waals surface area contributed by atoms with E-state index in [2.05, 4.69) is 0 Å². The highest BCUT2D eigenvalue weighted by Crippen LogP contribution is 2.26. The van der Waals surface area contributed by atoms with Crippen molar-refractivity contribution < 1.29 is 24.8 Å². The first-order chi connectivity index (χ1) is 12.7. The summed E-state index contributed by atoms with van der Waals surface area (Å²) in [5.74, 6) is 0. The Hall–Kier alpha value is -2.02. The maximum atomic E-state index is 10.6. The largest absolute Gasteiger partial charge is 0.392 e. The quantitative estimate of drug-likeness (QED) is 0.660. The molecular formula is C21H24O5. The van der Waals surface area contributed by atoms with Gasteiger partial charge in [-0.05, 0) is 22.8 Å². The first kappa shape index (κ1) is 18.8. The van der Waals surface area contributed by atoms with Gasteiger partial charge in [-0.2, -0.15) is 0 Å². The van der Waals surface area contributed by atoms with Crippen LogP contribution in [0.1, 0.15) is 11.1 Å². The Morgan fingerprint density at radius 1 is 0.769 bits per heavy atom. The van der Waals surface area contributed by atoms with E-state index in [1.54, 1.807) is 6.08 Å². The van der Waals surface area contributed by atoms with E-state index in [9.17, 15) is 15.3 Å². The molecule has 4 atom stereocenters. The summed E-state index contributed by atoms with van der Waals surface area (Å²) in [6, 6.07) is 19.2. The van der Waals surface area contributed by atoms with Crippen molar-refractivity contribution in [2.45, 2.75) is 37.6 Å². The number of hydrogen-bond acceptors (Lipinski definition) is 5. The minimum absolute atomic E-state index is 0.254. The highest BCUT2D eigenvalue weighted by Gasteiger charge is 2.39. The van der Waals surface area contributed by atoms with Gasteiger partial charge in [0.2, 0.25) is 0 Å². The summed E-state index contributed by atoms with van der Waals surface area (Å²) in [6.07, 6.45) is -2.06.